The SMILES string of the molecule is COCc1nc(N)cc(NC2(CO)CCC2)n1. The Morgan fingerprint density at radius 3 is 2.82 bits per heavy atom. The maximum Gasteiger partial charge on any atom is 0.158 e. The first kappa shape index (κ1) is 12.1. The van der Waals surface area contributed by atoms with Crippen molar-refractivity contribution in [1.29, 1.82) is 0 Å². The van der Waals surface area contributed by atoms with Crippen molar-refractivity contribution in [2.45, 2.75) is 31.4 Å². The Bertz CT molecular complexity index is 388. The molecule has 1 heterocycles. The number of aromatic nitrogens is 2. The molecule has 4 N–H and O–H groups in total. The fourth-order valence-electron chi connectivity index (χ4n) is 1.97. The van der Waals surface area contributed by atoms with Crippen LogP contribution in [0.25, 0.3) is 0 Å². The Balaban J connectivity index is 2.14. The molecule has 0 saturated heterocycles. The molecule has 0 bridgehead atoms. The van der Waals surface area contributed by atoms with Crippen LogP contribution < -0.4 is 11.1 Å². The van der Waals surface area contributed by atoms with Crippen LogP contribution in [0.3, 0.4) is 0 Å². The van der Waals surface area contributed by atoms with Gasteiger partial charge < -0.3 is 20.9 Å². The minimum absolute atomic E-state index is 0.108. The molecule has 6 heteroatoms. The highest BCUT2D eigenvalue weighted by Gasteiger charge is 2.36. The number of hydrogen-bond donors (Lipinski definition) is 3. The summed E-state index contributed by atoms with van der Waals surface area (Å²) >= 11 is 0. The molecule has 0 radical (unpaired) electrons. The highest BCUT2D eigenvalue weighted by atomic mass is 16.5. The standard InChI is InChI=1S/C11H18N4O2/c1-17-6-10-13-8(12)5-9(14-10)15-11(7-16)3-2-4-11/h5,16H,2-4,6-7H2,1H3,(H3,12,13,14,15). The lowest BCUT2D eigenvalue weighted by Gasteiger charge is -2.41. The number of hydrogen-bond acceptors (Lipinski definition) is 6. The Kier molecular flexibility index (Phi) is 3.44. The normalized spacial score (nSPS) is 17.5. The topological polar surface area (TPSA) is 93.3 Å². The molecular weight excluding hydrogens is 220 g/mol. The number of rotatable bonds is 5. The number of nitrogen functional groups attached to an aromatic ring is 1. The third kappa shape index (κ3) is 2.65. The summed E-state index contributed by atoms with van der Waals surface area (Å²) in [5, 5.41) is 12.6. The molecule has 1 aromatic heterocycles. The van der Waals surface area contributed by atoms with Gasteiger partial charge in [0.2, 0.25) is 0 Å². The Hall–Kier alpha value is -1.40. The van der Waals surface area contributed by atoms with Gasteiger partial charge in [-0.25, -0.2) is 9.97 Å². The van der Waals surface area contributed by atoms with E-state index in [0.29, 0.717) is 24.1 Å². The first-order valence-electron chi connectivity index (χ1n) is 5.69. The second kappa shape index (κ2) is 4.85. The zero-order valence-corrected chi connectivity index (χ0v) is 9.94. The summed E-state index contributed by atoms with van der Waals surface area (Å²) in [6.07, 6.45) is 3.03. The van der Waals surface area contributed by atoms with Gasteiger partial charge in [0.05, 0.1) is 12.1 Å². The molecule has 2 rings (SSSR count). The minimum atomic E-state index is -0.231. The van der Waals surface area contributed by atoms with Crippen LogP contribution in [0.5, 0.6) is 0 Å². The van der Waals surface area contributed by atoms with E-state index in [4.69, 9.17) is 10.5 Å². The van der Waals surface area contributed by atoms with Gasteiger partial charge in [0, 0.05) is 13.2 Å². The van der Waals surface area contributed by atoms with E-state index in [2.05, 4.69) is 15.3 Å². The van der Waals surface area contributed by atoms with Gasteiger partial charge >= 0.3 is 0 Å². The summed E-state index contributed by atoms with van der Waals surface area (Å²) in [7, 11) is 1.58. The predicted molar refractivity (Wildman–Crippen MR) is 64.4 cm³/mol. The van der Waals surface area contributed by atoms with Crippen molar-refractivity contribution >= 4 is 11.6 Å². The predicted octanol–water partition coefficient (Wildman–Crippen LogP) is 0.532. The fourth-order valence-corrected chi connectivity index (χ4v) is 1.97. The van der Waals surface area contributed by atoms with Crippen molar-refractivity contribution in [2.75, 3.05) is 24.8 Å². The van der Waals surface area contributed by atoms with Crippen molar-refractivity contribution in [3.63, 3.8) is 0 Å². The highest BCUT2D eigenvalue weighted by Crippen LogP contribution is 2.34. The van der Waals surface area contributed by atoms with Gasteiger partial charge in [0.15, 0.2) is 5.82 Å². The van der Waals surface area contributed by atoms with Crippen molar-refractivity contribution in [2.24, 2.45) is 0 Å². The average molecular weight is 238 g/mol. The van der Waals surface area contributed by atoms with Gasteiger partial charge in [-0.3, -0.25) is 0 Å². The molecule has 17 heavy (non-hydrogen) atoms. The van der Waals surface area contributed by atoms with E-state index in [1.807, 2.05) is 0 Å². The molecule has 0 unspecified atom stereocenters. The summed E-state index contributed by atoms with van der Waals surface area (Å²) in [4.78, 5) is 8.36. The Morgan fingerprint density at radius 2 is 2.29 bits per heavy atom. The first-order valence-corrected chi connectivity index (χ1v) is 5.69. The smallest absolute Gasteiger partial charge is 0.158 e. The van der Waals surface area contributed by atoms with Crippen LogP contribution in [-0.2, 0) is 11.3 Å². The van der Waals surface area contributed by atoms with Crippen LogP contribution in [-0.4, -0.2) is 34.3 Å². The summed E-state index contributed by atoms with van der Waals surface area (Å²) in [5.74, 6) is 1.60. The Morgan fingerprint density at radius 1 is 1.53 bits per heavy atom. The third-order valence-corrected chi connectivity index (χ3v) is 3.07. The molecule has 0 spiro atoms. The largest absolute Gasteiger partial charge is 0.394 e. The van der Waals surface area contributed by atoms with E-state index in [0.717, 1.165) is 19.3 Å². The van der Waals surface area contributed by atoms with Crippen LogP contribution in [0.15, 0.2) is 6.07 Å². The van der Waals surface area contributed by atoms with Gasteiger partial charge in [-0.2, -0.15) is 0 Å². The molecule has 0 atom stereocenters. The van der Waals surface area contributed by atoms with Gasteiger partial charge in [0.1, 0.15) is 18.2 Å². The molecule has 1 aromatic rings. The summed E-state index contributed by atoms with van der Waals surface area (Å²) < 4.78 is 4.98. The van der Waals surface area contributed by atoms with Crippen molar-refractivity contribution in [3.8, 4) is 0 Å². The zero-order valence-electron chi connectivity index (χ0n) is 9.94. The van der Waals surface area contributed by atoms with Crippen LogP contribution in [0.2, 0.25) is 0 Å². The van der Waals surface area contributed by atoms with E-state index in [9.17, 15) is 5.11 Å². The molecular formula is C11H18N4O2. The average Bonchev–Trinajstić information content (AvgIpc) is 2.23. The van der Waals surface area contributed by atoms with Crippen LogP contribution in [0.4, 0.5) is 11.6 Å². The number of ether oxygens (including phenoxy) is 1. The van der Waals surface area contributed by atoms with Gasteiger partial charge in [0.25, 0.3) is 0 Å². The molecule has 6 nitrogen and oxygen atoms in total. The molecule has 1 aliphatic carbocycles. The summed E-state index contributed by atoms with van der Waals surface area (Å²) in [6.45, 7) is 0.433. The van der Waals surface area contributed by atoms with Crippen LogP contribution in [0.1, 0.15) is 25.1 Å². The fraction of sp³-hybridized carbons (Fsp3) is 0.636. The van der Waals surface area contributed by atoms with Crippen LogP contribution in [0, 0.1) is 0 Å². The third-order valence-electron chi connectivity index (χ3n) is 3.07. The molecule has 0 amide bonds. The molecule has 0 aliphatic heterocycles. The quantitative estimate of drug-likeness (QED) is 0.693. The highest BCUT2D eigenvalue weighted by molar-refractivity contribution is 5.47. The molecule has 1 fully saturated rings. The second-order valence-electron chi connectivity index (χ2n) is 4.44. The number of nitrogens with two attached hydrogens (primary N) is 1. The molecule has 1 aliphatic rings. The van der Waals surface area contributed by atoms with Crippen molar-refractivity contribution < 1.29 is 9.84 Å². The lowest BCUT2D eigenvalue weighted by Crippen LogP contribution is -2.48. The number of nitrogens with one attached hydrogen (secondary N) is 1. The second-order valence-corrected chi connectivity index (χ2v) is 4.44. The van der Waals surface area contributed by atoms with E-state index in [-0.39, 0.29) is 12.1 Å². The van der Waals surface area contributed by atoms with Crippen molar-refractivity contribution in [3.05, 3.63) is 11.9 Å². The minimum Gasteiger partial charge on any atom is -0.394 e. The number of methoxy groups -OCH3 is 1. The lowest BCUT2D eigenvalue weighted by molar-refractivity contribution is 0.143. The van der Waals surface area contributed by atoms with E-state index < -0.39 is 0 Å². The number of nitrogens with zero attached hydrogens (tertiary/aromatic N) is 2. The molecule has 1 saturated carbocycles. The van der Waals surface area contributed by atoms with E-state index >= 15 is 0 Å². The van der Waals surface area contributed by atoms with Crippen molar-refractivity contribution in [1.82, 2.24) is 9.97 Å². The van der Waals surface area contributed by atoms with E-state index in [1.165, 1.54) is 0 Å². The maximum atomic E-state index is 9.38. The summed E-state index contributed by atoms with van der Waals surface area (Å²) in [6, 6.07) is 1.68. The zero-order chi connectivity index (χ0) is 12.3. The Labute approximate surface area is 100 Å². The molecule has 0 aromatic carbocycles. The first-order chi connectivity index (χ1) is 8.17. The van der Waals surface area contributed by atoms with Gasteiger partial charge in [-0.1, -0.05) is 0 Å². The molecule has 94 valence electrons. The number of aliphatic hydroxyl groups excluding tert-OH is 1. The van der Waals surface area contributed by atoms with E-state index in [1.54, 1.807) is 13.2 Å². The van der Waals surface area contributed by atoms with Gasteiger partial charge in [-0.15, -0.1) is 0 Å². The number of aliphatic hydroxyl groups is 1. The maximum absolute atomic E-state index is 9.38. The van der Waals surface area contributed by atoms with Crippen LogP contribution >= 0.6 is 0 Å². The monoisotopic (exact) mass is 238 g/mol. The van der Waals surface area contributed by atoms with Gasteiger partial charge in [-0.05, 0) is 19.3 Å². The lowest BCUT2D eigenvalue weighted by atomic mass is 9.77. The number of anilines is 2. The summed E-state index contributed by atoms with van der Waals surface area (Å²) in [5.41, 5.74) is 5.47.